The van der Waals surface area contributed by atoms with Crippen molar-refractivity contribution in [3.05, 3.63) is 22.7 Å². The first-order chi connectivity index (χ1) is 11.2. The van der Waals surface area contributed by atoms with Crippen molar-refractivity contribution >= 4 is 17.5 Å². The van der Waals surface area contributed by atoms with Gasteiger partial charge in [-0.05, 0) is 12.1 Å². The molecule has 0 saturated carbocycles. The van der Waals surface area contributed by atoms with Gasteiger partial charge in [0, 0.05) is 38.2 Å². The molecule has 23 heavy (non-hydrogen) atoms. The van der Waals surface area contributed by atoms with E-state index in [4.69, 9.17) is 25.8 Å². The maximum atomic E-state index is 12.3. The van der Waals surface area contributed by atoms with Crippen molar-refractivity contribution in [1.29, 1.82) is 0 Å². The predicted octanol–water partition coefficient (Wildman–Crippen LogP) is 1.56. The molecule has 1 fully saturated rings. The number of amides is 1. The lowest BCUT2D eigenvalue weighted by Crippen LogP contribution is -2.41. The number of hydrogen-bond donors (Lipinski definition) is 1. The zero-order valence-corrected chi connectivity index (χ0v) is 13.7. The summed E-state index contributed by atoms with van der Waals surface area (Å²) < 4.78 is 16.5. The summed E-state index contributed by atoms with van der Waals surface area (Å²) in [5.41, 5.74) is 0.487. The van der Waals surface area contributed by atoms with Crippen molar-refractivity contribution in [2.75, 3.05) is 52.6 Å². The lowest BCUT2D eigenvalue weighted by molar-refractivity contribution is 0.0383. The Morgan fingerprint density at radius 3 is 2.78 bits per heavy atom. The summed E-state index contributed by atoms with van der Waals surface area (Å²) in [6.45, 7) is 5.86. The van der Waals surface area contributed by atoms with Crippen LogP contribution in [0.4, 0.5) is 0 Å². The minimum absolute atomic E-state index is 0.157. The van der Waals surface area contributed by atoms with E-state index in [2.05, 4.69) is 10.2 Å². The lowest BCUT2D eigenvalue weighted by Gasteiger charge is -2.26. The third-order valence-electron chi connectivity index (χ3n) is 3.88. The fraction of sp³-hybridized carbons (Fsp3) is 0.562. The van der Waals surface area contributed by atoms with Crippen molar-refractivity contribution in [2.24, 2.45) is 0 Å². The first-order valence-corrected chi connectivity index (χ1v) is 8.29. The summed E-state index contributed by atoms with van der Waals surface area (Å²) in [6, 6.07) is 3.32. The largest absolute Gasteiger partial charge is 0.489 e. The Morgan fingerprint density at radius 1 is 1.17 bits per heavy atom. The minimum atomic E-state index is -0.157. The minimum Gasteiger partial charge on any atom is -0.489 e. The van der Waals surface area contributed by atoms with Gasteiger partial charge in [0.05, 0.1) is 31.5 Å². The highest BCUT2D eigenvalue weighted by atomic mass is 35.5. The van der Waals surface area contributed by atoms with E-state index in [1.54, 1.807) is 12.1 Å². The Bertz CT molecular complexity index is 561. The van der Waals surface area contributed by atoms with Crippen molar-refractivity contribution < 1.29 is 19.0 Å². The van der Waals surface area contributed by atoms with Gasteiger partial charge in [-0.3, -0.25) is 9.69 Å². The SMILES string of the molecule is O=C(NCCN1CCOCC1)c1cc(Cl)c2c(c1)OCCCO2. The van der Waals surface area contributed by atoms with Gasteiger partial charge >= 0.3 is 0 Å². The van der Waals surface area contributed by atoms with Gasteiger partial charge in [0.2, 0.25) is 0 Å². The summed E-state index contributed by atoms with van der Waals surface area (Å²) in [6.07, 6.45) is 0.798. The van der Waals surface area contributed by atoms with Crippen LogP contribution in [0.2, 0.25) is 5.02 Å². The number of nitrogens with one attached hydrogen (secondary N) is 1. The van der Waals surface area contributed by atoms with Crippen molar-refractivity contribution in [3.8, 4) is 11.5 Å². The number of carbonyl (C=O) groups is 1. The zero-order chi connectivity index (χ0) is 16.1. The van der Waals surface area contributed by atoms with Gasteiger partial charge in [-0.1, -0.05) is 11.6 Å². The van der Waals surface area contributed by atoms with E-state index >= 15 is 0 Å². The van der Waals surface area contributed by atoms with Crippen LogP contribution >= 0.6 is 11.6 Å². The van der Waals surface area contributed by atoms with Crippen molar-refractivity contribution in [1.82, 2.24) is 10.2 Å². The van der Waals surface area contributed by atoms with E-state index in [1.165, 1.54) is 0 Å². The van der Waals surface area contributed by atoms with Crippen LogP contribution < -0.4 is 14.8 Å². The number of rotatable bonds is 4. The smallest absolute Gasteiger partial charge is 0.251 e. The molecular weight excluding hydrogens is 320 g/mol. The Balaban J connectivity index is 1.58. The van der Waals surface area contributed by atoms with E-state index < -0.39 is 0 Å². The van der Waals surface area contributed by atoms with Gasteiger partial charge in [0.25, 0.3) is 5.91 Å². The Labute approximate surface area is 140 Å². The van der Waals surface area contributed by atoms with Crippen LogP contribution in [0.15, 0.2) is 12.1 Å². The molecule has 0 spiro atoms. The predicted molar refractivity (Wildman–Crippen MR) is 86.7 cm³/mol. The molecule has 1 amide bonds. The van der Waals surface area contributed by atoms with Crippen molar-refractivity contribution in [2.45, 2.75) is 6.42 Å². The van der Waals surface area contributed by atoms with Gasteiger partial charge in [-0.25, -0.2) is 0 Å². The lowest BCUT2D eigenvalue weighted by atomic mass is 10.2. The van der Waals surface area contributed by atoms with E-state index in [0.29, 0.717) is 41.8 Å². The second-order valence-corrected chi connectivity index (χ2v) is 5.95. The van der Waals surface area contributed by atoms with Crippen LogP contribution in [0.25, 0.3) is 0 Å². The van der Waals surface area contributed by atoms with Crippen LogP contribution in [0.1, 0.15) is 16.8 Å². The molecule has 1 N–H and O–H groups in total. The molecule has 2 aliphatic rings. The molecule has 0 aromatic heterocycles. The fourth-order valence-electron chi connectivity index (χ4n) is 2.62. The van der Waals surface area contributed by atoms with E-state index in [9.17, 15) is 4.79 Å². The summed E-state index contributed by atoms with van der Waals surface area (Å²) >= 11 is 6.21. The summed E-state index contributed by atoms with van der Waals surface area (Å²) in [5.74, 6) is 0.901. The molecule has 0 atom stereocenters. The van der Waals surface area contributed by atoms with E-state index in [1.807, 2.05) is 0 Å². The highest BCUT2D eigenvalue weighted by Crippen LogP contribution is 2.37. The van der Waals surface area contributed by atoms with E-state index in [0.717, 1.165) is 39.3 Å². The Morgan fingerprint density at radius 2 is 1.96 bits per heavy atom. The molecule has 7 heteroatoms. The molecule has 0 aliphatic carbocycles. The number of ether oxygens (including phenoxy) is 3. The Kier molecular flexibility index (Phi) is 5.59. The summed E-state index contributed by atoms with van der Waals surface area (Å²) in [4.78, 5) is 14.6. The molecule has 2 aliphatic heterocycles. The number of carbonyl (C=O) groups excluding carboxylic acids is 1. The standard InChI is InChI=1S/C16H21ClN2O4/c17-13-10-12(11-14-15(13)23-7-1-6-22-14)16(20)18-2-3-19-4-8-21-9-5-19/h10-11H,1-9H2,(H,18,20). The van der Waals surface area contributed by atoms with Gasteiger partial charge < -0.3 is 19.5 Å². The molecule has 126 valence electrons. The maximum absolute atomic E-state index is 12.3. The van der Waals surface area contributed by atoms with Crippen molar-refractivity contribution in [3.63, 3.8) is 0 Å². The van der Waals surface area contributed by atoms with E-state index in [-0.39, 0.29) is 5.91 Å². The molecular formula is C16H21ClN2O4. The monoisotopic (exact) mass is 340 g/mol. The molecule has 0 bridgehead atoms. The van der Waals surface area contributed by atoms with Crippen LogP contribution in [0, 0.1) is 0 Å². The number of morpholine rings is 1. The van der Waals surface area contributed by atoms with Gasteiger partial charge in [-0.2, -0.15) is 0 Å². The molecule has 0 radical (unpaired) electrons. The van der Waals surface area contributed by atoms with Gasteiger partial charge in [-0.15, -0.1) is 0 Å². The molecule has 1 saturated heterocycles. The Hall–Kier alpha value is -1.50. The van der Waals surface area contributed by atoms with Crippen LogP contribution in [-0.4, -0.2) is 63.4 Å². The van der Waals surface area contributed by atoms with Gasteiger partial charge in [0.1, 0.15) is 0 Å². The zero-order valence-electron chi connectivity index (χ0n) is 13.0. The molecule has 2 heterocycles. The number of fused-ring (bicyclic) bond motifs is 1. The third-order valence-corrected chi connectivity index (χ3v) is 4.16. The van der Waals surface area contributed by atoms with Gasteiger partial charge in [0.15, 0.2) is 11.5 Å². The first kappa shape index (κ1) is 16.4. The second-order valence-electron chi connectivity index (χ2n) is 5.55. The van der Waals surface area contributed by atoms with Crippen LogP contribution in [-0.2, 0) is 4.74 Å². The van der Waals surface area contributed by atoms with Crippen LogP contribution in [0.3, 0.4) is 0 Å². The average molecular weight is 341 g/mol. The molecule has 1 aromatic carbocycles. The fourth-order valence-corrected chi connectivity index (χ4v) is 2.88. The first-order valence-electron chi connectivity index (χ1n) is 7.91. The number of nitrogens with zero attached hydrogens (tertiary/aromatic N) is 1. The molecule has 6 nitrogen and oxygen atoms in total. The average Bonchev–Trinajstić information content (AvgIpc) is 2.81. The number of hydrogen-bond acceptors (Lipinski definition) is 5. The molecule has 0 unspecified atom stereocenters. The summed E-state index contributed by atoms with van der Waals surface area (Å²) in [5, 5.41) is 3.32. The quantitative estimate of drug-likeness (QED) is 0.901. The maximum Gasteiger partial charge on any atom is 0.251 e. The molecule has 3 rings (SSSR count). The number of benzene rings is 1. The topological polar surface area (TPSA) is 60.0 Å². The highest BCUT2D eigenvalue weighted by Gasteiger charge is 2.18. The molecule has 1 aromatic rings. The second kappa shape index (κ2) is 7.86. The normalized spacial score (nSPS) is 18.3. The third kappa shape index (κ3) is 4.28. The van der Waals surface area contributed by atoms with Crippen LogP contribution in [0.5, 0.6) is 11.5 Å². The number of halogens is 1. The highest BCUT2D eigenvalue weighted by molar-refractivity contribution is 6.32. The summed E-state index contributed by atoms with van der Waals surface area (Å²) in [7, 11) is 0.